The third-order valence-electron chi connectivity index (χ3n) is 3.46. The SMILES string of the molecule is COCO[C@H](C#C[Si](C)(C)C(C)(C)C)[C@H](C)C=O. The van der Waals surface area contributed by atoms with Crippen LogP contribution >= 0.6 is 0 Å². The maximum absolute atomic E-state index is 10.9. The maximum atomic E-state index is 10.9. The number of hydrogen-bond acceptors (Lipinski definition) is 3. The molecule has 0 fully saturated rings. The Bertz CT molecular complexity index is 320. The summed E-state index contributed by atoms with van der Waals surface area (Å²) in [5.74, 6) is 2.89. The number of hydrogen-bond donors (Lipinski definition) is 0. The topological polar surface area (TPSA) is 35.5 Å². The molecule has 0 radical (unpaired) electrons. The van der Waals surface area contributed by atoms with E-state index in [4.69, 9.17) is 9.47 Å². The normalized spacial score (nSPS) is 15.5. The van der Waals surface area contributed by atoms with Gasteiger partial charge in [-0.3, -0.25) is 0 Å². The minimum Gasteiger partial charge on any atom is -0.359 e. The molecule has 2 atom stereocenters. The summed E-state index contributed by atoms with van der Waals surface area (Å²) in [5, 5.41) is 0.205. The molecule has 0 aromatic heterocycles. The van der Waals surface area contributed by atoms with Crippen LogP contribution in [0.4, 0.5) is 0 Å². The lowest BCUT2D eigenvalue weighted by Gasteiger charge is -2.31. The number of carbonyl (C=O) groups is 1. The van der Waals surface area contributed by atoms with E-state index in [2.05, 4.69) is 45.3 Å². The summed E-state index contributed by atoms with van der Waals surface area (Å²) < 4.78 is 10.3. The molecular formula is C14H26O3Si. The first-order chi connectivity index (χ1) is 8.15. The monoisotopic (exact) mass is 270 g/mol. The molecule has 0 unspecified atom stereocenters. The minimum atomic E-state index is -1.66. The molecule has 3 nitrogen and oxygen atoms in total. The van der Waals surface area contributed by atoms with Gasteiger partial charge in [0.25, 0.3) is 0 Å². The Morgan fingerprint density at radius 2 is 1.89 bits per heavy atom. The van der Waals surface area contributed by atoms with Gasteiger partial charge in [0.05, 0.1) is 0 Å². The fraction of sp³-hybridized carbons (Fsp3) is 0.786. The third kappa shape index (κ3) is 5.34. The highest BCUT2D eigenvalue weighted by atomic mass is 28.3. The predicted octanol–water partition coefficient (Wildman–Crippen LogP) is 2.86. The van der Waals surface area contributed by atoms with Crippen LogP contribution in [0.15, 0.2) is 0 Å². The van der Waals surface area contributed by atoms with E-state index in [1.54, 1.807) is 7.11 Å². The van der Waals surface area contributed by atoms with Crippen molar-refractivity contribution in [2.75, 3.05) is 13.9 Å². The summed E-state index contributed by atoms with van der Waals surface area (Å²) in [5.41, 5.74) is 3.37. The number of methoxy groups -OCH3 is 1. The van der Waals surface area contributed by atoms with Crippen molar-refractivity contribution in [2.24, 2.45) is 5.92 Å². The molecule has 0 N–H and O–H groups in total. The number of rotatable bonds is 5. The summed E-state index contributed by atoms with van der Waals surface area (Å²) in [7, 11) is -0.104. The fourth-order valence-corrected chi connectivity index (χ4v) is 1.85. The van der Waals surface area contributed by atoms with E-state index in [0.717, 1.165) is 6.29 Å². The van der Waals surface area contributed by atoms with Crippen molar-refractivity contribution >= 4 is 14.4 Å². The molecule has 0 aromatic rings. The van der Waals surface area contributed by atoms with Crippen LogP contribution in [0.2, 0.25) is 18.1 Å². The first-order valence-corrected chi connectivity index (χ1v) is 9.24. The summed E-state index contributed by atoms with van der Waals surface area (Å²) in [6, 6.07) is 0. The largest absolute Gasteiger partial charge is 0.359 e. The van der Waals surface area contributed by atoms with E-state index >= 15 is 0 Å². The van der Waals surface area contributed by atoms with Gasteiger partial charge in [-0.2, -0.15) is 0 Å². The van der Waals surface area contributed by atoms with Crippen LogP contribution in [0.1, 0.15) is 27.7 Å². The molecule has 18 heavy (non-hydrogen) atoms. The molecule has 0 amide bonds. The first kappa shape index (κ1) is 17.4. The molecule has 0 heterocycles. The van der Waals surface area contributed by atoms with Gasteiger partial charge in [0.2, 0.25) is 0 Å². The lowest BCUT2D eigenvalue weighted by Crippen LogP contribution is -2.36. The first-order valence-electron chi connectivity index (χ1n) is 6.24. The molecule has 0 aromatic carbocycles. The lowest BCUT2D eigenvalue weighted by atomic mass is 10.1. The second kappa shape index (κ2) is 7.08. The van der Waals surface area contributed by atoms with Crippen LogP contribution in [0.5, 0.6) is 0 Å². The van der Waals surface area contributed by atoms with E-state index in [1.165, 1.54) is 0 Å². The van der Waals surface area contributed by atoms with Crippen LogP contribution < -0.4 is 0 Å². The molecule has 0 aliphatic rings. The zero-order valence-electron chi connectivity index (χ0n) is 12.7. The Balaban J connectivity index is 4.93. The fourth-order valence-electron chi connectivity index (χ4n) is 0.977. The van der Waals surface area contributed by atoms with Crippen LogP contribution in [-0.4, -0.2) is 34.4 Å². The number of aldehydes is 1. The van der Waals surface area contributed by atoms with Crippen LogP contribution in [0.3, 0.4) is 0 Å². The standard InChI is InChI=1S/C14H26O3Si/c1-12(10-15)13(17-11-16-5)8-9-18(6,7)14(2,3)4/h10,12-13H,11H2,1-7H3/t12-,13-/m1/s1. The van der Waals surface area contributed by atoms with Gasteiger partial charge in [0, 0.05) is 13.0 Å². The van der Waals surface area contributed by atoms with E-state index in [-0.39, 0.29) is 23.9 Å². The van der Waals surface area contributed by atoms with Crippen molar-refractivity contribution < 1.29 is 14.3 Å². The van der Waals surface area contributed by atoms with Gasteiger partial charge >= 0.3 is 0 Å². The van der Waals surface area contributed by atoms with E-state index in [9.17, 15) is 4.79 Å². The minimum absolute atomic E-state index is 0.162. The van der Waals surface area contributed by atoms with Gasteiger partial charge in [0.15, 0.2) is 0 Å². The molecule has 0 aliphatic heterocycles. The van der Waals surface area contributed by atoms with Crippen molar-refractivity contribution in [3.05, 3.63) is 0 Å². The van der Waals surface area contributed by atoms with Crippen molar-refractivity contribution in [3.8, 4) is 11.5 Å². The molecular weight excluding hydrogens is 244 g/mol. The Labute approximate surface area is 112 Å². The zero-order chi connectivity index (χ0) is 14.4. The summed E-state index contributed by atoms with van der Waals surface area (Å²) in [6.07, 6.45) is 0.497. The highest BCUT2D eigenvalue weighted by Crippen LogP contribution is 2.35. The van der Waals surface area contributed by atoms with E-state index in [1.807, 2.05) is 6.92 Å². The molecule has 0 rings (SSSR count). The average molecular weight is 270 g/mol. The third-order valence-corrected chi connectivity index (χ3v) is 7.98. The van der Waals surface area contributed by atoms with Crippen molar-refractivity contribution in [1.82, 2.24) is 0 Å². The number of carbonyl (C=O) groups excluding carboxylic acids is 1. The summed E-state index contributed by atoms with van der Waals surface area (Å²) in [4.78, 5) is 10.9. The Morgan fingerprint density at radius 3 is 2.28 bits per heavy atom. The van der Waals surface area contributed by atoms with Gasteiger partial charge in [-0.1, -0.05) is 46.7 Å². The van der Waals surface area contributed by atoms with Gasteiger partial charge < -0.3 is 14.3 Å². The van der Waals surface area contributed by atoms with Crippen molar-refractivity contribution in [3.63, 3.8) is 0 Å². The second-order valence-electron chi connectivity index (χ2n) is 6.13. The maximum Gasteiger partial charge on any atom is 0.148 e. The zero-order valence-corrected chi connectivity index (χ0v) is 13.7. The average Bonchev–Trinajstić information content (AvgIpc) is 2.26. The molecule has 0 saturated carbocycles. The summed E-state index contributed by atoms with van der Waals surface area (Å²) >= 11 is 0. The van der Waals surface area contributed by atoms with Crippen LogP contribution in [0, 0.1) is 17.4 Å². The lowest BCUT2D eigenvalue weighted by molar-refractivity contribution is -0.117. The quantitative estimate of drug-likeness (QED) is 0.333. The molecule has 104 valence electrons. The summed E-state index contributed by atoms with van der Waals surface area (Å²) in [6.45, 7) is 13.1. The predicted molar refractivity (Wildman–Crippen MR) is 77.0 cm³/mol. The number of ether oxygens (including phenoxy) is 2. The van der Waals surface area contributed by atoms with E-state index in [0.29, 0.717) is 0 Å². The van der Waals surface area contributed by atoms with Gasteiger partial charge in [-0.05, 0) is 5.04 Å². The van der Waals surface area contributed by atoms with Crippen molar-refractivity contribution in [2.45, 2.75) is 51.9 Å². The Hall–Kier alpha value is -0.633. The smallest absolute Gasteiger partial charge is 0.148 e. The van der Waals surface area contributed by atoms with Gasteiger partial charge in [0.1, 0.15) is 27.3 Å². The Morgan fingerprint density at radius 1 is 1.33 bits per heavy atom. The highest BCUT2D eigenvalue weighted by Gasteiger charge is 2.34. The molecule has 0 spiro atoms. The van der Waals surface area contributed by atoms with Crippen LogP contribution in [0.25, 0.3) is 0 Å². The Kier molecular flexibility index (Phi) is 6.83. The van der Waals surface area contributed by atoms with E-state index < -0.39 is 8.07 Å². The molecule has 0 saturated heterocycles. The van der Waals surface area contributed by atoms with Gasteiger partial charge in [-0.25, -0.2) is 0 Å². The van der Waals surface area contributed by atoms with Crippen molar-refractivity contribution in [1.29, 1.82) is 0 Å². The van der Waals surface area contributed by atoms with Crippen LogP contribution in [-0.2, 0) is 14.3 Å². The molecule has 0 bridgehead atoms. The molecule has 0 aliphatic carbocycles. The van der Waals surface area contributed by atoms with Gasteiger partial charge in [-0.15, -0.1) is 5.54 Å². The second-order valence-corrected chi connectivity index (χ2v) is 11.1. The highest BCUT2D eigenvalue weighted by molar-refractivity contribution is 6.87. The molecule has 4 heteroatoms.